The molecule has 0 aliphatic carbocycles. The van der Waals surface area contributed by atoms with Gasteiger partial charge in [0.1, 0.15) is 10.7 Å². The van der Waals surface area contributed by atoms with Crippen molar-refractivity contribution in [3.05, 3.63) is 52.0 Å². The van der Waals surface area contributed by atoms with Gasteiger partial charge in [-0.3, -0.25) is 4.79 Å². The van der Waals surface area contributed by atoms with Crippen molar-refractivity contribution in [2.24, 2.45) is 0 Å². The number of carbonyl (C=O) groups is 2. The lowest BCUT2D eigenvalue weighted by Crippen LogP contribution is -2.23. The van der Waals surface area contributed by atoms with Crippen LogP contribution in [-0.4, -0.2) is 22.1 Å². The molecule has 0 aliphatic heterocycles. The normalized spacial score (nSPS) is 10.9. The van der Waals surface area contributed by atoms with E-state index in [-0.39, 0.29) is 28.1 Å². The van der Waals surface area contributed by atoms with Crippen molar-refractivity contribution < 1.29 is 23.6 Å². The van der Waals surface area contributed by atoms with Crippen LogP contribution in [-0.2, 0) is 6.54 Å². The van der Waals surface area contributed by atoms with Crippen LogP contribution in [0, 0.1) is 12.7 Å². The van der Waals surface area contributed by atoms with Gasteiger partial charge in [-0.15, -0.1) is 11.3 Å². The summed E-state index contributed by atoms with van der Waals surface area (Å²) < 4.78 is 19.4. The van der Waals surface area contributed by atoms with Gasteiger partial charge in [-0.1, -0.05) is 11.2 Å². The second-order valence-electron chi connectivity index (χ2n) is 4.84. The highest BCUT2D eigenvalue weighted by Crippen LogP contribution is 2.33. The number of thiophene rings is 1. The molecule has 0 bridgehead atoms. The Hall–Kier alpha value is -2.74. The van der Waals surface area contributed by atoms with Crippen LogP contribution in [0.3, 0.4) is 0 Å². The van der Waals surface area contributed by atoms with Crippen molar-refractivity contribution in [1.29, 1.82) is 0 Å². The molecule has 0 spiro atoms. The highest BCUT2D eigenvalue weighted by atomic mass is 32.1. The number of benzene rings is 1. The van der Waals surface area contributed by atoms with E-state index in [9.17, 15) is 19.1 Å². The van der Waals surface area contributed by atoms with E-state index in [2.05, 4.69) is 10.5 Å². The molecule has 3 aromatic rings. The predicted octanol–water partition coefficient (Wildman–Crippen LogP) is 2.97. The molecular weight excluding hydrogens is 323 g/mol. The minimum Gasteiger partial charge on any atom is -0.477 e. The van der Waals surface area contributed by atoms with E-state index < -0.39 is 17.7 Å². The van der Waals surface area contributed by atoms with Crippen molar-refractivity contribution in [1.82, 2.24) is 10.5 Å². The third-order valence-electron chi connectivity index (χ3n) is 3.23. The lowest BCUT2D eigenvalue weighted by Gasteiger charge is -2.04. The van der Waals surface area contributed by atoms with E-state index in [4.69, 9.17) is 4.52 Å². The van der Waals surface area contributed by atoms with Gasteiger partial charge in [0.15, 0.2) is 0 Å². The van der Waals surface area contributed by atoms with Gasteiger partial charge in [0, 0.05) is 28.3 Å². The summed E-state index contributed by atoms with van der Waals surface area (Å²) in [6, 6.07) is 5.87. The molecule has 8 heteroatoms. The first-order chi connectivity index (χ1) is 11.0. The number of nitrogens with one attached hydrogen (secondary N) is 1. The Morgan fingerprint density at radius 3 is 2.87 bits per heavy atom. The fraction of sp³-hybridized carbons (Fsp3) is 0.133. The Labute approximate surface area is 133 Å². The average molecular weight is 334 g/mol. The summed E-state index contributed by atoms with van der Waals surface area (Å²) >= 11 is 0.971. The van der Waals surface area contributed by atoms with Crippen LogP contribution in [0.4, 0.5) is 4.39 Å². The Morgan fingerprint density at radius 2 is 2.22 bits per heavy atom. The summed E-state index contributed by atoms with van der Waals surface area (Å²) in [6.45, 7) is 1.55. The number of amides is 1. The standard InChI is InChI=1S/C15H11FN2O4S/c1-7-5-10(22-18-7)14(19)17-6-8-12-9(16)3-2-4-11(12)23-13(8)15(20)21/h2-5H,6H2,1H3,(H,17,19)(H,20,21). The Bertz CT molecular complexity index is 915. The first kappa shape index (κ1) is 15.2. The number of rotatable bonds is 4. The third-order valence-corrected chi connectivity index (χ3v) is 4.42. The van der Waals surface area contributed by atoms with Crippen molar-refractivity contribution in [3.63, 3.8) is 0 Å². The number of hydrogen-bond donors (Lipinski definition) is 2. The van der Waals surface area contributed by atoms with Crippen LogP contribution in [0.15, 0.2) is 28.8 Å². The van der Waals surface area contributed by atoms with Gasteiger partial charge in [-0.05, 0) is 19.1 Å². The topological polar surface area (TPSA) is 92.4 Å². The second kappa shape index (κ2) is 5.81. The Balaban J connectivity index is 1.94. The van der Waals surface area contributed by atoms with Gasteiger partial charge in [-0.25, -0.2) is 9.18 Å². The number of carboxylic acids is 1. The molecule has 0 saturated carbocycles. The number of aromatic carboxylic acids is 1. The molecule has 1 aromatic carbocycles. The Morgan fingerprint density at radius 1 is 1.43 bits per heavy atom. The monoisotopic (exact) mass is 334 g/mol. The van der Waals surface area contributed by atoms with Crippen LogP contribution in [0.25, 0.3) is 10.1 Å². The zero-order valence-electron chi connectivity index (χ0n) is 11.9. The molecule has 0 saturated heterocycles. The van der Waals surface area contributed by atoms with Gasteiger partial charge in [0.2, 0.25) is 5.76 Å². The molecule has 2 heterocycles. The summed E-state index contributed by atoms with van der Waals surface area (Å²) in [5.74, 6) is -2.21. The molecule has 6 nitrogen and oxygen atoms in total. The fourth-order valence-electron chi connectivity index (χ4n) is 2.24. The Kier molecular flexibility index (Phi) is 3.83. The number of carbonyl (C=O) groups excluding carboxylic acids is 1. The lowest BCUT2D eigenvalue weighted by molar-refractivity contribution is 0.0699. The lowest BCUT2D eigenvalue weighted by atomic mass is 10.1. The number of nitrogens with zero attached hydrogens (tertiary/aromatic N) is 1. The highest BCUT2D eigenvalue weighted by molar-refractivity contribution is 7.21. The average Bonchev–Trinajstić information content (AvgIpc) is 3.09. The van der Waals surface area contributed by atoms with Crippen molar-refractivity contribution >= 4 is 33.3 Å². The maximum absolute atomic E-state index is 14.0. The molecule has 0 aliphatic rings. The quantitative estimate of drug-likeness (QED) is 0.765. The van der Waals surface area contributed by atoms with E-state index in [0.717, 1.165) is 11.3 Å². The SMILES string of the molecule is Cc1cc(C(=O)NCc2c(C(=O)O)sc3cccc(F)c23)on1. The van der Waals surface area contributed by atoms with Crippen LogP contribution < -0.4 is 5.32 Å². The molecule has 1 amide bonds. The van der Waals surface area contributed by atoms with E-state index in [1.54, 1.807) is 13.0 Å². The van der Waals surface area contributed by atoms with Gasteiger partial charge in [-0.2, -0.15) is 0 Å². The molecule has 3 rings (SSSR count). The van der Waals surface area contributed by atoms with Crippen LogP contribution >= 0.6 is 11.3 Å². The van der Waals surface area contributed by atoms with Crippen LogP contribution in [0.2, 0.25) is 0 Å². The zero-order chi connectivity index (χ0) is 16.6. The predicted molar refractivity (Wildman–Crippen MR) is 81.2 cm³/mol. The first-order valence-corrected chi connectivity index (χ1v) is 7.43. The van der Waals surface area contributed by atoms with Gasteiger partial charge in [0.25, 0.3) is 5.91 Å². The molecule has 0 atom stereocenters. The van der Waals surface area contributed by atoms with Crippen LogP contribution in [0.1, 0.15) is 31.5 Å². The third kappa shape index (κ3) is 2.80. The number of aromatic nitrogens is 1. The van der Waals surface area contributed by atoms with E-state index in [1.807, 2.05) is 0 Å². The summed E-state index contributed by atoms with van der Waals surface area (Å²) in [4.78, 5) is 23.3. The maximum atomic E-state index is 14.0. The number of fused-ring (bicyclic) bond motifs is 1. The van der Waals surface area contributed by atoms with Gasteiger partial charge >= 0.3 is 5.97 Å². The first-order valence-electron chi connectivity index (χ1n) is 6.62. The van der Waals surface area contributed by atoms with Crippen molar-refractivity contribution in [2.75, 3.05) is 0 Å². The minimum absolute atomic E-state index is 0.000787. The van der Waals surface area contributed by atoms with Crippen molar-refractivity contribution in [2.45, 2.75) is 13.5 Å². The highest BCUT2D eigenvalue weighted by Gasteiger charge is 2.21. The van der Waals surface area contributed by atoms with E-state index in [0.29, 0.717) is 10.4 Å². The largest absolute Gasteiger partial charge is 0.477 e. The second-order valence-corrected chi connectivity index (χ2v) is 5.90. The molecule has 0 unspecified atom stereocenters. The van der Waals surface area contributed by atoms with Gasteiger partial charge in [0.05, 0.1) is 5.69 Å². The van der Waals surface area contributed by atoms with E-state index in [1.165, 1.54) is 18.2 Å². The number of aryl methyl sites for hydroxylation is 1. The molecule has 0 fully saturated rings. The van der Waals surface area contributed by atoms with Gasteiger partial charge < -0.3 is 14.9 Å². The fourth-order valence-corrected chi connectivity index (χ4v) is 3.31. The molecule has 0 radical (unpaired) electrons. The molecule has 23 heavy (non-hydrogen) atoms. The zero-order valence-corrected chi connectivity index (χ0v) is 12.7. The number of hydrogen-bond acceptors (Lipinski definition) is 5. The summed E-state index contributed by atoms with van der Waals surface area (Å²) in [6.07, 6.45) is 0. The van der Waals surface area contributed by atoms with Crippen molar-refractivity contribution in [3.8, 4) is 0 Å². The summed E-state index contributed by atoms with van der Waals surface area (Å²) in [7, 11) is 0. The molecule has 2 aromatic heterocycles. The van der Waals surface area contributed by atoms with E-state index >= 15 is 0 Å². The summed E-state index contributed by atoms with van der Waals surface area (Å²) in [5.41, 5.74) is 0.786. The maximum Gasteiger partial charge on any atom is 0.346 e. The molecule has 118 valence electrons. The number of halogens is 1. The van der Waals surface area contributed by atoms with Crippen LogP contribution in [0.5, 0.6) is 0 Å². The number of carboxylic acid groups (broad SMARTS) is 1. The molecule has 2 N–H and O–H groups in total. The minimum atomic E-state index is -1.16. The molecular formula is C15H11FN2O4S. The smallest absolute Gasteiger partial charge is 0.346 e. The summed E-state index contributed by atoms with van der Waals surface area (Å²) in [5, 5.41) is 15.6.